The number of carbonyl (C=O) groups excluding carboxylic acids is 1. The van der Waals surface area contributed by atoms with E-state index >= 15 is 0 Å². The Morgan fingerprint density at radius 1 is 1.33 bits per heavy atom. The number of aromatic amines is 1. The Labute approximate surface area is 142 Å². The van der Waals surface area contributed by atoms with Crippen LogP contribution in [0.4, 0.5) is 5.13 Å². The molecule has 0 aliphatic rings. The summed E-state index contributed by atoms with van der Waals surface area (Å²) in [6, 6.07) is 5.40. The summed E-state index contributed by atoms with van der Waals surface area (Å²) in [5, 5.41) is 5.30. The summed E-state index contributed by atoms with van der Waals surface area (Å²) in [4.78, 5) is 30.1. The van der Waals surface area contributed by atoms with E-state index in [0.29, 0.717) is 22.7 Å². The van der Waals surface area contributed by atoms with Gasteiger partial charge in [-0.05, 0) is 18.6 Å². The van der Waals surface area contributed by atoms with E-state index in [1.165, 1.54) is 11.3 Å². The number of H-pyrrole nitrogens is 1. The highest BCUT2D eigenvalue weighted by Crippen LogP contribution is 2.27. The van der Waals surface area contributed by atoms with E-state index in [2.05, 4.69) is 22.2 Å². The zero-order valence-corrected chi connectivity index (χ0v) is 14.2. The number of fused-ring (bicyclic) bond motifs is 1. The molecule has 2 aromatic heterocycles. The maximum atomic E-state index is 11.9. The molecule has 2 heterocycles. The van der Waals surface area contributed by atoms with Gasteiger partial charge in [0.2, 0.25) is 5.91 Å². The van der Waals surface area contributed by atoms with E-state index in [4.69, 9.17) is 4.42 Å². The number of unbranched alkanes of at least 4 members (excludes halogenated alkanes) is 3. The van der Waals surface area contributed by atoms with Gasteiger partial charge in [0.1, 0.15) is 0 Å². The van der Waals surface area contributed by atoms with Crippen LogP contribution in [0.25, 0.3) is 22.4 Å². The molecule has 0 saturated heterocycles. The Morgan fingerprint density at radius 3 is 3.04 bits per heavy atom. The maximum absolute atomic E-state index is 11.9. The van der Waals surface area contributed by atoms with Crippen molar-refractivity contribution in [2.75, 3.05) is 5.32 Å². The summed E-state index contributed by atoms with van der Waals surface area (Å²) < 4.78 is 5.06. The van der Waals surface area contributed by atoms with Crippen molar-refractivity contribution in [3.8, 4) is 11.3 Å². The van der Waals surface area contributed by atoms with Gasteiger partial charge in [0.15, 0.2) is 10.7 Å². The summed E-state index contributed by atoms with van der Waals surface area (Å²) in [6.45, 7) is 2.15. The number of carbonyl (C=O) groups is 1. The molecule has 3 aromatic rings. The zero-order valence-electron chi connectivity index (χ0n) is 13.4. The second-order valence-corrected chi connectivity index (χ2v) is 6.48. The summed E-state index contributed by atoms with van der Waals surface area (Å²) in [6.07, 6.45) is 4.82. The number of hydrogen-bond acceptors (Lipinski definition) is 5. The molecule has 126 valence electrons. The van der Waals surface area contributed by atoms with Crippen LogP contribution in [0.15, 0.2) is 32.8 Å². The van der Waals surface area contributed by atoms with Crippen molar-refractivity contribution in [1.82, 2.24) is 9.97 Å². The number of rotatable bonds is 7. The molecular weight excluding hydrogens is 326 g/mol. The normalized spacial score (nSPS) is 11.0. The van der Waals surface area contributed by atoms with Crippen LogP contribution in [0, 0.1) is 0 Å². The fourth-order valence-corrected chi connectivity index (χ4v) is 3.20. The first-order chi connectivity index (χ1) is 11.7. The summed E-state index contributed by atoms with van der Waals surface area (Å²) >= 11 is 1.38. The smallest absolute Gasteiger partial charge is 0.408 e. The largest absolute Gasteiger partial charge is 0.417 e. The Bertz CT molecular complexity index is 894. The molecule has 0 radical (unpaired) electrons. The van der Waals surface area contributed by atoms with Crippen LogP contribution in [0.1, 0.15) is 39.0 Å². The molecule has 24 heavy (non-hydrogen) atoms. The van der Waals surface area contributed by atoms with E-state index in [-0.39, 0.29) is 5.91 Å². The quantitative estimate of drug-likeness (QED) is 0.630. The molecule has 1 amide bonds. The monoisotopic (exact) mass is 345 g/mol. The van der Waals surface area contributed by atoms with E-state index in [0.717, 1.165) is 36.9 Å². The minimum absolute atomic E-state index is 0.000846. The summed E-state index contributed by atoms with van der Waals surface area (Å²) in [5.41, 5.74) is 2.73. The fraction of sp³-hybridized carbons (Fsp3) is 0.353. The molecule has 0 unspecified atom stereocenters. The standard InChI is InChI=1S/C17H19N3O3S/c1-2-3-4-5-6-15(21)20-16-18-13(10-24-16)11-7-8-12-14(9-11)23-17(22)19-12/h7-10H,2-6H2,1H3,(H,19,22)(H,18,20,21). The average molecular weight is 345 g/mol. The molecule has 3 rings (SSSR count). The van der Waals surface area contributed by atoms with Gasteiger partial charge in [0, 0.05) is 17.4 Å². The van der Waals surface area contributed by atoms with Gasteiger partial charge in [0.05, 0.1) is 11.2 Å². The van der Waals surface area contributed by atoms with Gasteiger partial charge in [-0.3, -0.25) is 9.78 Å². The number of benzene rings is 1. The highest BCUT2D eigenvalue weighted by molar-refractivity contribution is 7.14. The Balaban J connectivity index is 1.65. The molecular formula is C17H19N3O3S. The van der Waals surface area contributed by atoms with Gasteiger partial charge >= 0.3 is 5.76 Å². The van der Waals surface area contributed by atoms with Crippen molar-refractivity contribution in [3.05, 3.63) is 34.1 Å². The molecule has 7 heteroatoms. The van der Waals surface area contributed by atoms with Gasteiger partial charge < -0.3 is 9.73 Å². The third kappa shape index (κ3) is 3.91. The lowest BCUT2D eigenvalue weighted by atomic mass is 10.1. The zero-order chi connectivity index (χ0) is 16.9. The van der Waals surface area contributed by atoms with Gasteiger partial charge in [0.25, 0.3) is 0 Å². The molecule has 0 aliphatic heterocycles. The van der Waals surface area contributed by atoms with Crippen LogP contribution in [-0.2, 0) is 4.79 Å². The predicted octanol–water partition coefficient (Wildman–Crippen LogP) is 4.15. The summed E-state index contributed by atoms with van der Waals surface area (Å²) in [7, 11) is 0. The number of hydrogen-bond donors (Lipinski definition) is 2. The Kier molecular flexibility index (Phi) is 5.10. The number of nitrogens with one attached hydrogen (secondary N) is 2. The molecule has 0 saturated carbocycles. The van der Waals surface area contributed by atoms with Crippen molar-refractivity contribution < 1.29 is 9.21 Å². The molecule has 0 fully saturated rings. The Morgan fingerprint density at radius 2 is 2.21 bits per heavy atom. The summed E-state index contributed by atoms with van der Waals surface area (Å²) in [5.74, 6) is -0.476. The first-order valence-corrected chi connectivity index (χ1v) is 8.92. The van der Waals surface area contributed by atoms with Crippen molar-refractivity contribution >= 4 is 33.5 Å². The van der Waals surface area contributed by atoms with E-state index in [1.807, 2.05) is 11.4 Å². The van der Waals surface area contributed by atoms with Gasteiger partial charge in [-0.2, -0.15) is 0 Å². The Hall–Kier alpha value is -2.41. The first kappa shape index (κ1) is 16.4. The lowest BCUT2D eigenvalue weighted by Crippen LogP contribution is -2.10. The van der Waals surface area contributed by atoms with E-state index < -0.39 is 5.76 Å². The molecule has 6 nitrogen and oxygen atoms in total. The third-order valence-electron chi connectivity index (χ3n) is 3.72. The minimum atomic E-state index is -0.476. The molecule has 0 bridgehead atoms. The van der Waals surface area contributed by atoms with E-state index in [1.54, 1.807) is 12.1 Å². The highest BCUT2D eigenvalue weighted by Gasteiger charge is 2.10. The first-order valence-electron chi connectivity index (χ1n) is 8.04. The molecule has 0 aliphatic carbocycles. The van der Waals surface area contributed by atoms with Gasteiger partial charge in [-0.15, -0.1) is 11.3 Å². The number of thiazole rings is 1. The highest BCUT2D eigenvalue weighted by atomic mass is 32.1. The second-order valence-electron chi connectivity index (χ2n) is 5.62. The van der Waals surface area contributed by atoms with Crippen LogP contribution in [-0.4, -0.2) is 15.9 Å². The van der Waals surface area contributed by atoms with Gasteiger partial charge in [-0.1, -0.05) is 32.3 Å². The number of anilines is 1. The van der Waals surface area contributed by atoms with Crippen LogP contribution in [0.3, 0.4) is 0 Å². The number of aromatic nitrogens is 2. The van der Waals surface area contributed by atoms with Crippen molar-refractivity contribution in [2.24, 2.45) is 0 Å². The van der Waals surface area contributed by atoms with Gasteiger partial charge in [-0.25, -0.2) is 9.78 Å². The van der Waals surface area contributed by atoms with Crippen molar-refractivity contribution in [1.29, 1.82) is 0 Å². The van der Waals surface area contributed by atoms with Crippen LogP contribution in [0.5, 0.6) is 0 Å². The lowest BCUT2D eigenvalue weighted by Gasteiger charge is -2.01. The molecule has 0 atom stereocenters. The fourth-order valence-electron chi connectivity index (χ4n) is 2.46. The van der Waals surface area contributed by atoms with Crippen molar-refractivity contribution in [2.45, 2.75) is 39.0 Å². The van der Waals surface area contributed by atoms with Crippen LogP contribution >= 0.6 is 11.3 Å². The molecule has 1 aromatic carbocycles. The van der Waals surface area contributed by atoms with Crippen LogP contribution in [0.2, 0.25) is 0 Å². The molecule has 0 spiro atoms. The predicted molar refractivity (Wildman–Crippen MR) is 95.3 cm³/mol. The van der Waals surface area contributed by atoms with Crippen LogP contribution < -0.4 is 11.1 Å². The van der Waals surface area contributed by atoms with Crippen molar-refractivity contribution in [3.63, 3.8) is 0 Å². The SMILES string of the molecule is CCCCCCC(=O)Nc1nc(-c2ccc3[nH]c(=O)oc3c2)cs1. The average Bonchev–Trinajstić information content (AvgIpc) is 3.16. The molecule has 2 N–H and O–H groups in total. The minimum Gasteiger partial charge on any atom is -0.408 e. The third-order valence-corrected chi connectivity index (χ3v) is 4.48. The number of nitrogens with zero attached hydrogens (tertiary/aromatic N) is 1. The second kappa shape index (κ2) is 7.44. The van der Waals surface area contributed by atoms with E-state index in [9.17, 15) is 9.59 Å². The number of oxazole rings is 1. The number of amides is 1. The lowest BCUT2D eigenvalue weighted by molar-refractivity contribution is -0.116. The topological polar surface area (TPSA) is 88.0 Å². The maximum Gasteiger partial charge on any atom is 0.417 e.